The van der Waals surface area contributed by atoms with Crippen molar-refractivity contribution in [3.05, 3.63) is 76.5 Å². The van der Waals surface area contributed by atoms with E-state index in [-0.39, 0.29) is 11.5 Å². The van der Waals surface area contributed by atoms with E-state index >= 15 is 0 Å². The molecule has 28 heavy (non-hydrogen) atoms. The summed E-state index contributed by atoms with van der Waals surface area (Å²) in [6, 6.07) is 12.3. The molecule has 0 saturated heterocycles. The number of benzene rings is 2. The molecule has 0 atom stereocenters. The highest BCUT2D eigenvalue weighted by Gasteiger charge is 2.19. The summed E-state index contributed by atoms with van der Waals surface area (Å²) < 4.78 is 1.25. The van der Waals surface area contributed by atoms with Gasteiger partial charge < -0.3 is 4.90 Å². The van der Waals surface area contributed by atoms with Crippen molar-refractivity contribution < 1.29 is 0 Å². The number of nitrogens with zero attached hydrogens (tertiary/aromatic N) is 5. The number of rotatable bonds is 2. The van der Waals surface area contributed by atoms with Crippen LogP contribution in [0.4, 0.5) is 5.69 Å². The first-order valence-electron chi connectivity index (χ1n) is 9.26. The van der Waals surface area contributed by atoms with Gasteiger partial charge in [0.15, 0.2) is 0 Å². The molecule has 1 aliphatic heterocycles. The van der Waals surface area contributed by atoms with E-state index in [1.165, 1.54) is 21.5 Å². The van der Waals surface area contributed by atoms with Crippen molar-refractivity contribution in [2.75, 3.05) is 18.5 Å². The van der Waals surface area contributed by atoms with Crippen LogP contribution in [0.2, 0.25) is 0 Å². The quantitative estimate of drug-likeness (QED) is 0.543. The van der Waals surface area contributed by atoms with E-state index in [2.05, 4.69) is 45.2 Å². The molecule has 0 aliphatic carbocycles. The van der Waals surface area contributed by atoms with Gasteiger partial charge in [-0.05, 0) is 53.8 Å². The SMILES string of the molecule is Cc1cnc(-n2ncc3cc(-c4cccc5c4CCN5C)ccc3c2=O)nc1. The van der Waals surface area contributed by atoms with Crippen LogP contribution in [-0.2, 0) is 6.42 Å². The van der Waals surface area contributed by atoms with Gasteiger partial charge in [0.2, 0.25) is 0 Å². The van der Waals surface area contributed by atoms with Crippen molar-refractivity contribution in [2.24, 2.45) is 0 Å². The molecule has 0 fully saturated rings. The maximum Gasteiger partial charge on any atom is 0.282 e. The Bertz CT molecular complexity index is 1260. The Labute approximate surface area is 162 Å². The minimum atomic E-state index is -0.217. The molecule has 4 aromatic rings. The lowest BCUT2D eigenvalue weighted by atomic mass is 9.96. The number of aromatic nitrogens is 4. The van der Waals surface area contributed by atoms with Gasteiger partial charge in [-0.2, -0.15) is 9.78 Å². The lowest BCUT2D eigenvalue weighted by Crippen LogP contribution is -2.22. The molecular formula is C22H19N5O. The molecule has 0 bridgehead atoms. The summed E-state index contributed by atoms with van der Waals surface area (Å²) in [5.74, 6) is 0.283. The Balaban J connectivity index is 1.63. The summed E-state index contributed by atoms with van der Waals surface area (Å²) in [4.78, 5) is 23.6. The minimum absolute atomic E-state index is 0.217. The van der Waals surface area contributed by atoms with Crippen LogP contribution in [0.5, 0.6) is 0 Å². The van der Waals surface area contributed by atoms with Crippen LogP contribution in [-0.4, -0.2) is 33.3 Å². The van der Waals surface area contributed by atoms with Crippen molar-refractivity contribution in [1.82, 2.24) is 19.7 Å². The average molecular weight is 369 g/mol. The predicted octanol–water partition coefficient (Wildman–Crippen LogP) is 3.14. The normalized spacial score (nSPS) is 13.1. The van der Waals surface area contributed by atoms with Crippen molar-refractivity contribution in [3.8, 4) is 17.1 Å². The summed E-state index contributed by atoms with van der Waals surface area (Å²) >= 11 is 0. The molecule has 6 nitrogen and oxygen atoms in total. The molecule has 5 rings (SSSR count). The molecule has 0 unspecified atom stereocenters. The highest BCUT2D eigenvalue weighted by molar-refractivity contribution is 5.88. The topological polar surface area (TPSA) is 63.9 Å². The second-order valence-electron chi connectivity index (χ2n) is 7.20. The Morgan fingerprint density at radius 2 is 1.86 bits per heavy atom. The number of anilines is 1. The summed E-state index contributed by atoms with van der Waals surface area (Å²) in [5, 5.41) is 5.72. The first kappa shape index (κ1) is 16.6. The lowest BCUT2D eigenvalue weighted by molar-refractivity contribution is 0.760. The number of aryl methyl sites for hydroxylation is 1. The third-order valence-corrected chi connectivity index (χ3v) is 5.31. The fourth-order valence-electron chi connectivity index (χ4n) is 3.82. The smallest absolute Gasteiger partial charge is 0.282 e. The van der Waals surface area contributed by atoms with Gasteiger partial charge in [-0.1, -0.05) is 18.2 Å². The van der Waals surface area contributed by atoms with Gasteiger partial charge >= 0.3 is 0 Å². The Hall–Kier alpha value is -3.54. The van der Waals surface area contributed by atoms with Crippen LogP contribution in [0.15, 0.2) is 59.8 Å². The summed E-state index contributed by atoms with van der Waals surface area (Å²) in [6.07, 6.45) is 6.09. The van der Waals surface area contributed by atoms with E-state index in [1.807, 2.05) is 25.1 Å². The molecule has 0 spiro atoms. The van der Waals surface area contributed by atoms with Gasteiger partial charge in [0.25, 0.3) is 11.5 Å². The van der Waals surface area contributed by atoms with Gasteiger partial charge in [-0.25, -0.2) is 9.97 Å². The van der Waals surface area contributed by atoms with Crippen LogP contribution in [0, 0.1) is 6.92 Å². The van der Waals surface area contributed by atoms with Crippen LogP contribution in [0.3, 0.4) is 0 Å². The van der Waals surface area contributed by atoms with E-state index in [1.54, 1.807) is 18.6 Å². The van der Waals surface area contributed by atoms with Crippen molar-refractivity contribution in [2.45, 2.75) is 13.3 Å². The Morgan fingerprint density at radius 1 is 1.04 bits per heavy atom. The second kappa shape index (κ2) is 6.27. The Morgan fingerprint density at radius 3 is 2.68 bits per heavy atom. The maximum absolute atomic E-state index is 12.9. The molecule has 0 N–H and O–H groups in total. The fourth-order valence-corrected chi connectivity index (χ4v) is 3.82. The zero-order valence-electron chi connectivity index (χ0n) is 15.8. The van der Waals surface area contributed by atoms with Gasteiger partial charge in [0.05, 0.1) is 11.6 Å². The predicted molar refractivity (Wildman–Crippen MR) is 110 cm³/mol. The van der Waals surface area contributed by atoms with E-state index in [4.69, 9.17) is 0 Å². The monoisotopic (exact) mass is 369 g/mol. The van der Waals surface area contributed by atoms with E-state index in [9.17, 15) is 4.79 Å². The number of hydrogen-bond acceptors (Lipinski definition) is 5. The summed E-state index contributed by atoms with van der Waals surface area (Å²) in [7, 11) is 2.12. The molecule has 0 saturated carbocycles. The molecule has 0 amide bonds. The molecule has 2 aromatic heterocycles. The van der Waals surface area contributed by atoms with Crippen molar-refractivity contribution in [3.63, 3.8) is 0 Å². The maximum atomic E-state index is 12.9. The molecule has 6 heteroatoms. The van der Waals surface area contributed by atoms with Crippen LogP contribution < -0.4 is 10.5 Å². The van der Waals surface area contributed by atoms with Gasteiger partial charge in [-0.15, -0.1) is 0 Å². The average Bonchev–Trinajstić information content (AvgIpc) is 3.10. The lowest BCUT2D eigenvalue weighted by Gasteiger charge is -2.13. The first-order chi connectivity index (χ1) is 13.6. The second-order valence-corrected chi connectivity index (χ2v) is 7.20. The summed E-state index contributed by atoms with van der Waals surface area (Å²) in [6.45, 7) is 2.93. The third kappa shape index (κ3) is 2.57. The molecule has 3 heterocycles. The van der Waals surface area contributed by atoms with Gasteiger partial charge in [0.1, 0.15) is 0 Å². The standard InChI is InChI=1S/C22H19N5O/c1-14-11-23-22(24-12-14)27-21(28)18-7-6-15(10-16(18)13-25-27)17-4-3-5-20-19(17)8-9-26(20)2/h3-7,10-13H,8-9H2,1-2H3. The third-order valence-electron chi connectivity index (χ3n) is 5.31. The molecule has 1 aliphatic rings. The molecular weight excluding hydrogens is 350 g/mol. The van der Waals surface area contributed by atoms with Crippen molar-refractivity contribution >= 4 is 16.5 Å². The van der Waals surface area contributed by atoms with Gasteiger partial charge in [0, 0.05) is 37.1 Å². The molecule has 2 aromatic carbocycles. The van der Waals surface area contributed by atoms with E-state index in [0.717, 1.165) is 29.5 Å². The number of fused-ring (bicyclic) bond motifs is 2. The first-order valence-corrected chi connectivity index (χ1v) is 9.26. The van der Waals surface area contributed by atoms with E-state index in [0.29, 0.717) is 5.39 Å². The van der Waals surface area contributed by atoms with Gasteiger partial charge in [-0.3, -0.25) is 4.79 Å². The molecule has 138 valence electrons. The zero-order chi connectivity index (χ0) is 19.3. The van der Waals surface area contributed by atoms with Crippen molar-refractivity contribution in [1.29, 1.82) is 0 Å². The largest absolute Gasteiger partial charge is 0.374 e. The van der Waals surface area contributed by atoms with Crippen LogP contribution >= 0.6 is 0 Å². The number of likely N-dealkylation sites (N-methyl/N-ethyl adjacent to an activating group) is 1. The van der Waals surface area contributed by atoms with Crippen LogP contribution in [0.1, 0.15) is 11.1 Å². The zero-order valence-corrected chi connectivity index (χ0v) is 15.8. The van der Waals surface area contributed by atoms with Crippen LogP contribution in [0.25, 0.3) is 27.8 Å². The highest BCUT2D eigenvalue weighted by Crippen LogP contribution is 2.36. The number of hydrogen-bond donors (Lipinski definition) is 0. The Kier molecular flexibility index (Phi) is 3.72. The summed E-state index contributed by atoms with van der Waals surface area (Å²) in [5.41, 5.74) is 5.68. The minimum Gasteiger partial charge on any atom is -0.374 e. The fraction of sp³-hybridized carbons (Fsp3) is 0.182. The highest BCUT2D eigenvalue weighted by atomic mass is 16.1. The van der Waals surface area contributed by atoms with E-state index < -0.39 is 0 Å². The molecule has 0 radical (unpaired) electrons.